The minimum absolute atomic E-state index is 0. The Balaban J connectivity index is 0.00000240. The molecule has 1 aromatic carbocycles. The minimum atomic E-state index is -0.234. The first-order chi connectivity index (χ1) is 13.6. The summed E-state index contributed by atoms with van der Waals surface area (Å²) in [6.45, 7) is 3.84. The molecular weight excluding hydrogens is 410 g/mol. The SMILES string of the molecule is Cc1c(C(=O)Nc2ccc(Sc3nccn3C)cc2)nnn1C1CCNCC1.Cl. The lowest BCUT2D eigenvalue weighted by molar-refractivity contribution is 0.102. The highest BCUT2D eigenvalue weighted by molar-refractivity contribution is 7.99. The van der Waals surface area contributed by atoms with E-state index in [4.69, 9.17) is 0 Å². The van der Waals surface area contributed by atoms with Crippen LogP contribution in [-0.2, 0) is 7.05 Å². The Bertz CT molecular complexity index is 963. The van der Waals surface area contributed by atoms with Crippen LogP contribution in [0.15, 0.2) is 46.7 Å². The fourth-order valence-electron chi connectivity index (χ4n) is 3.30. The van der Waals surface area contributed by atoms with Crippen LogP contribution in [0.5, 0.6) is 0 Å². The molecule has 0 unspecified atom stereocenters. The summed E-state index contributed by atoms with van der Waals surface area (Å²) in [6, 6.07) is 8.00. The Hall–Kier alpha value is -2.36. The van der Waals surface area contributed by atoms with Gasteiger partial charge in [0, 0.05) is 30.0 Å². The van der Waals surface area contributed by atoms with Gasteiger partial charge < -0.3 is 15.2 Å². The van der Waals surface area contributed by atoms with Gasteiger partial charge in [-0.05, 0) is 57.1 Å². The monoisotopic (exact) mass is 433 g/mol. The Morgan fingerprint density at radius 1 is 1.24 bits per heavy atom. The van der Waals surface area contributed by atoms with Crippen molar-refractivity contribution in [1.29, 1.82) is 0 Å². The highest BCUT2D eigenvalue weighted by Gasteiger charge is 2.23. The number of amides is 1. The summed E-state index contributed by atoms with van der Waals surface area (Å²) in [6.07, 6.45) is 5.69. The number of imidazole rings is 1. The summed E-state index contributed by atoms with van der Waals surface area (Å²) >= 11 is 1.57. The predicted octanol–water partition coefficient (Wildman–Crippen LogP) is 3.07. The van der Waals surface area contributed by atoms with E-state index in [2.05, 4.69) is 25.9 Å². The van der Waals surface area contributed by atoms with Gasteiger partial charge in [0.1, 0.15) is 0 Å². The van der Waals surface area contributed by atoms with Crippen molar-refractivity contribution in [1.82, 2.24) is 29.9 Å². The van der Waals surface area contributed by atoms with Crippen LogP contribution >= 0.6 is 24.2 Å². The van der Waals surface area contributed by atoms with E-state index in [0.29, 0.717) is 11.7 Å². The van der Waals surface area contributed by atoms with Crippen LogP contribution in [0.4, 0.5) is 5.69 Å². The second-order valence-electron chi connectivity index (χ2n) is 6.85. The van der Waals surface area contributed by atoms with Crippen LogP contribution in [0.25, 0.3) is 0 Å². The summed E-state index contributed by atoms with van der Waals surface area (Å²) < 4.78 is 3.86. The van der Waals surface area contributed by atoms with Gasteiger partial charge in [0.25, 0.3) is 5.91 Å². The third kappa shape index (κ3) is 4.80. The lowest BCUT2D eigenvalue weighted by Gasteiger charge is -2.23. The van der Waals surface area contributed by atoms with Gasteiger partial charge >= 0.3 is 0 Å². The molecule has 3 heterocycles. The molecule has 1 saturated heterocycles. The van der Waals surface area contributed by atoms with E-state index in [1.165, 1.54) is 0 Å². The Morgan fingerprint density at radius 2 is 1.97 bits per heavy atom. The van der Waals surface area contributed by atoms with E-state index in [-0.39, 0.29) is 18.3 Å². The van der Waals surface area contributed by atoms with E-state index in [9.17, 15) is 4.79 Å². The second-order valence-corrected chi connectivity index (χ2v) is 7.89. The van der Waals surface area contributed by atoms with Crippen molar-refractivity contribution in [2.45, 2.75) is 35.9 Å². The van der Waals surface area contributed by atoms with Crippen LogP contribution < -0.4 is 10.6 Å². The highest BCUT2D eigenvalue weighted by atomic mass is 35.5. The maximum absolute atomic E-state index is 12.7. The standard InChI is InChI=1S/C19H23N7OS.ClH/c1-13-17(23-24-26(13)15-7-9-20-10-8-15)18(27)22-14-3-5-16(6-4-14)28-19-21-11-12-25(19)2;/h3-6,11-12,15,20H,7-10H2,1-2H3,(H,22,27);1H. The third-order valence-corrected chi connectivity index (χ3v) is 5.98. The largest absolute Gasteiger partial charge is 0.329 e. The Morgan fingerprint density at radius 3 is 2.62 bits per heavy atom. The molecule has 1 fully saturated rings. The van der Waals surface area contributed by atoms with Crippen molar-refractivity contribution in [3.63, 3.8) is 0 Å². The quantitative estimate of drug-likeness (QED) is 0.642. The number of aryl methyl sites for hydroxylation is 1. The summed E-state index contributed by atoms with van der Waals surface area (Å²) in [5, 5.41) is 15.5. The number of halogens is 1. The molecule has 0 spiro atoms. The average Bonchev–Trinajstić information content (AvgIpc) is 3.29. The molecule has 0 radical (unpaired) electrons. The normalized spacial score (nSPS) is 14.4. The Labute approximate surface area is 179 Å². The maximum Gasteiger partial charge on any atom is 0.278 e. The number of hydrogen-bond donors (Lipinski definition) is 2. The molecule has 0 aliphatic carbocycles. The first kappa shape index (κ1) is 21.4. The minimum Gasteiger partial charge on any atom is -0.329 e. The van der Waals surface area contributed by atoms with Crippen LogP contribution in [0.3, 0.4) is 0 Å². The van der Waals surface area contributed by atoms with Crippen LogP contribution in [-0.4, -0.2) is 43.5 Å². The number of piperidine rings is 1. The van der Waals surface area contributed by atoms with Crippen molar-refractivity contribution in [2.24, 2.45) is 7.05 Å². The number of hydrogen-bond acceptors (Lipinski definition) is 6. The molecule has 1 aliphatic rings. The number of benzene rings is 1. The van der Waals surface area contributed by atoms with Crippen LogP contribution in [0.1, 0.15) is 35.1 Å². The second kappa shape index (κ2) is 9.43. The van der Waals surface area contributed by atoms with E-state index in [0.717, 1.165) is 47.4 Å². The van der Waals surface area contributed by atoms with Crippen molar-refractivity contribution in [2.75, 3.05) is 18.4 Å². The number of rotatable bonds is 5. The first-order valence-electron chi connectivity index (χ1n) is 9.31. The van der Waals surface area contributed by atoms with Gasteiger partial charge in [-0.1, -0.05) is 17.0 Å². The van der Waals surface area contributed by atoms with Gasteiger partial charge in [-0.25, -0.2) is 9.67 Å². The van der Waals surface area contributed by atoms with Gasteiger partial charge in [-0.2, -0.15) is 0 Å². The van der Waals surface area contributed by atoms with Crippen molar-refractivity contribution < 1.29 is 4.79 Å². The van der Waals surface area contributed by atoms with Gasteiger partial charge in [0.2, 0.25) is 0 Å². The predicted molar refractivity (Wildman–Crippen MR) is 115 cm³/mol. The average molecular weight is 434 g/mol. The van der Waals surface area contributed by atoms with Crippen LogP contribution in [0.2, 0.25) is 0 Å². The van der Waals surface area contributed by atoms with Crippen molar-refractivity contribution >= 4 is 35.8 Å². The number of nitrogens with one attached hydrogen (secondary N) is 2. The maximum atomic E-state index is 12.7. The molecule has 1 amide bonds. The zero-order valence-corrected chi connectivity index (χ0v) is 18.0. The number of anilines is 1. The van der Waals surface area contributed by atoms with Gasteiger partial charge in [-0.15, -0.1) is 17.5 Å². The van der Waals surface area contributed by atoms with Gasteiger partial charge in [0.15, 0.2) is 10.9 Å². The number of nitrogens with zero attached hydrogens (tertiary/aromatic N) is 5. The van der Waals surface area contributed by atoms with Crippen LogP contribution in [0, 0.1) is 6.92 Å². The molecule has 2 N–H and O–H groups in total. The first-order valence-corrected chi connectivity index (χ1v) is 10.1. The zero-order valence-electron chi connectivity index (χ0n) is 16.3. The van der Waals surface area contributed by atoms with E-state index in [1.54, 1.807) is 18.0 Å². The summed E-state index contributed by atoms with van der Waals surface area (Å²) in [7, 11) is 1.96. The Kier molecular flexibility index (Phi) is 6.94. The molecule has 29 heavy (non-hydrogen) atoms. The molecule has 10 heteroatoms. The number of carbonyl (C=O) groups excluding carboxylic acids is 1. The summed E-state index contributed by atoms with van der Waals surface area (Å²) in [5.41, 5.74) is 1.92. The van der Waals surface area contributed by atoms with Gasteiger partial charge in [0.05, 0.1) is 11.7 Å². The molecule has 8 nitrogen and oxygen atoms in total. The number of aromatic nitrogens is 5. The molecule has 0 saturated carbocycles. The number of carbonyl (C=O) groups is 1. The molecule has 1 aliphatic heterocycles. The smallest absolute Gasteiger partial charge is 0.278 e. The summed E-state index contributed by atoms with van der Waals surface area (Å²) in [5.74, 6) is -0.234. The van der Waals surface area contributed by atoms with Crippen molar-refractivity contribution in [3.8, 4) is 0 Å². The molecule has 0 atom stereocenters. The fraction of sp³-hybridized carbons (Fsp3) is 0.368. The van der Waals surface area contributed by atoms with E-state index >= 15 is 0 Å². The zero-order chi connectivity index (χ0) is 19.5. The molecule has 4 rings (SSSR count). The lowest BCUT2D eigenvalue weighted by Crippen LogP contribution is -2.30. The fourth-order valence-corrected chi connectivity index (χ4v) is 4.10. The topological polar surface area (TPSA) is 89.7 Å². The van der Waals surface area contributed by atoms with E-state index < -0.39 is 0 Å². The molecular formula is C19H24ClN7OS. The molecule has 154 valence electrons. The highest BCUT2D eigenvalue weighted by Crippen LogP contribution is 2.27. The molecule has 2 aromatic heterocycles. The van der Waals surface area contributed by atoms with Crippen molar-refractivity contribution in [3.05, 3.63) is 48.0 Å². The van der Waals surface area contributed by atoms with Gasteiger partial charge in [-0.3, -0.25) is 4.79 Å². The molecule has 3 aromatic rings. The van der Waals surface area contributed by atoms with E-state index in [1.807, 2.05) is 53.7 Å². The summed E-state index contributed by atoms with van der Waals surface area (Å²) in [4.78, 5) is 18.0. The lowest BCUT2D eigenvalue weighted by atomic mass is 10.1. The third-order valence-electron chi connectivity index (χ3n) is 4.90. The molecule has 0 bridgehead atoms.